The molecule has 0 heterocycles. The van der Waals surface area contributed by atoms with Crippen LogP contribution in [0.5, 0.6) is 0 Å². The van der Waals surface area contributed by atoms with E-state index in [1.165, 1.54) is 38.5 Å². The van der Waals surface area contributed by atoms with Crippen LogP contribution in [-0.2, 0) is 0 Å². The van der Waals surface area contributed by atoms with Gasteiger partial charge in [0.1, 0.15) is 0 Å². The van der Waals surface area contributed by atoms with Gasteiger partial charge in [-0.05, 0) is 30.6 Å². The summed E-state index contributed by atoms with van der Waals surface area (Å²) in [5.41, 5.74) is 0.625. The van der Waals surface area contributed by atoms with Crippen LogP contribution in [0, 0.1) is 11.3 Å². The van der Waals surface area contributed by atoms with Gasteiger partial charge in [-0.3, -0.25) is 0 Å². The molecule has 13 heavy (non-hydrogen) atoms. The summed E-state index contributed by atoms with van der Waals surface area (Å²) in [5, 5.41) is 0. The van der Waals surface area contributed by atoms with E-state index >= 15 is 0 Å². The molecule has 0 amide bonds. The minimum Gasteiger partial charge on any atom is -0.0882 e. The minimum atomic E-state index is 0.625. The van der Waals surface area contributed by atoms with Gasteiger partial charge < -0.3 is 0 Å². The second kappa shape index (κ2) is 4.83. The summed E-state index contributed by atoms with van der Waals surface area (Å²) in [6.45, 7) is 6.99. The summed E-state index contributed by atoms with van der Waals surface area (Å²) in [6.07, 6.45) is 13.1. The summed E-state index contributed by atoms with van der Waals surface area (Å²) >= 11 is 0. The van der Waals surface area contributed by atoms with E-state index in [1.807, 2.05) is 0 Å². The fraction of sp³-hybridized carbons (Fsp3) is 0.846. The van der Waals surface area contributed by atoms with Crippen molar-refractivity contribution in [3.8, 4) is 0 Å². The lowest BCUT2D eigenvalue weighted by molar-refractivity contribution is 0.608. The highest BCUT2D eigenvalue weighted by Crippen LogP contribution is 2.52. The van der Waals surface area contributed by atoms with E-state index in [4.69, 9.17) is 0 Å². The number of rotatable bonds is 6. The molecular weight excluding hydrogens is 156 g/mol. The van der Waals surface area contributed by atoms with Crippen molar-refractivity contribution in [1.82, 2.24) is 0 Å². The first-order valence-corrected chi connectivity index (χ1v) is 5.83. The number of unbranched alkanes of at least 4 members (excludes halogenated alkanes) is 4. The summed E-state index contributed by atoms with van der Waals surface area (Å²) < 4.78 is 0. The Morgan fingerprint density at radius 3 is 2.46 bits per heavy atom. The van der Waals surface area contributed by atoms with Crippen molar-refractivity contribution in [2.45, 2.75) is 59.3 Å². The quantitative estimate of drug-likeness (QED) is 0.415. The molecule has 0 radical (unpaired) electrons. The van der Waals surface area contributed by atoms with Gasteiger partial charge in [0, 0.05) is 0 Å². The van der Waals surface area contributed by atoms with Gasteiger partial charge in [-0.25, -0.2) is 0 Å². The van der Waals surface area contributed by atoms with E-state index < -0.39 is 0 Å². The molecule has 1 unspecified atom stereocenters. The first-order chi connectivity index (χ1) is 6.17. The van der Waals surface area contributed by atoms with Crippen LogP contribution in [0.4, 0.5) is 0 Å². The van der Waals surface area contributed by atoms with Crippen LogP contribution in [-0.4, -0.2) is 0 Å². The zero-order valence-corrected chi connectivity index (χ0v) is 9.47. The van der Waals surface area contributed by atoms with E-state index in [0.29, 0.717) is 5.41 Å². The molecule has 1 fully saturated rings. The first kappa shape index (κ1) is 10.8. The van der Waals surface area contributed by atoms with Gasteiger partial charge in [0.25, 0.3) is 0 Å². The Balaban J connectivity index is 1.94. The molecule has 0 aromatic carbocycles. The highest BCUT2D eigenvalue weighted by atomic mass is 14.5. The van der Waals surface area contributed by atoms with Crippen molar-refractivity contribution in [3.63, 3.8) is 0 Å². The van der Waals surface area contributed by atoms with Crippen LogP contribution < -0.4 is 0 Å². The van der Waals surface area contributed by atoms with Crippen molar-refractivity contribution in [3.05, 3.63) is 12.2 Å². The zero-order chi connectivity index (χ0) is 9.73. The molecule has 76 valence electrons. The molecule has 0 heteroatoms. The zero-order valence-electron chi connectivity index (χ0n) is 9.47. The third kappa shape index (κ3) is 3.97. The highest BCUT2D eigenvalue weighted by molar-refractivity contribution is 5.07. The Bertz CT molecular complexity index is 165. The average molecular weight is 180 g/mol. The van der Waals surface area contributed by atoms with Gasteiger partial charge in [-0.2, -0.15) is 0 Å². The molecule has 1 atom stereocenters. The van der Waals surface area contributed by atoms with Gasteiger partial charge >= 0.3 is 0 Å². The van der Waals surface area contributed by atoms with Crippen LogP contribution in [0.25, 0.3) is 0 Å². The molecular formula is C13H24. The number of hydrogen-bond donors (Lipinski definition) is 0. The monoisotopic (exact) mass is 180 g/mol. The minimum absolute atomic E-state index is 0.625. The molecule has 0 bridgehead atoms. The van der Waals surface area contributed by atoms with E-state index in [9.17, 15) is 0 Å². The molecule has 1 saturated carbocycles. The Morgan fingerprint density at radius 2 is 1.92 bits per heavy atom. The lowest BCUT2D eigenvalue weighted by Gasteiger charge is -1.97. The lowest BCUT2D eigenvalue weighted by atomic mass is 10.1. The Labute approximate surface area is 83.4 Å². The summed E-state index contributed by atoms with van der Waals surface area (Å²) in [5.74, 6) is 0.888. The lowest BCUT2D eigenvalue weighted by Crippen LogP contribution is -1.85. The van der Waals surface area contributed by atoms with Crippen LogP contribution in [0.15, 0.2) is 12.2 Å². The molecule has 0 aromatic rings. The van der Waals surface area contributed by atoms with Gasteiger partial charge in [0.05, 0.1) is 0 Å². The van der Waals surface area contributed by atoms with Crippen molar-refractivity contribution >= 4 is 0 Å². The SMILES string of the molecule is CCCCCC/C=C/C1CC1(C)C. The van der Waals surface area contributed by atoms with Gasteiger partial charge in [-0.1, -0.05) is 52.2 Å². The van der Waals surface area contributed by atoms with Crippen LogP contribution in [0.3, 0.4) is 0 Å². The molecule has 0 spiro atoms. The van der Waals surface area contributed by atoms with E-state index in [0.717, 1.165) is 5.92 Å². The number of hydrogen-bond acceptors (Lipinski definition) is 0. The summed E-state index contributed by atoms with van der Waals surface area (Å²) in [7, 11) is 0. The molecule has 1 rings (SSSR count). The standard InChI is InChI=1S/C13H24/c1-4-5-6-7-8-9-10-12-11-13(12,2)3/h9-10,12H,4-8,11H2,1-3H3/b10-9+. The van der Waals surface area contributed by atoms with Gasteiger partial charge in [0.15, 0.2) is 0 Å². The molecule has 0 nitrogen and oxygen atoms in total. The smallest absolute Gasteiger partial charge is 0.0177 e. The Morgan fingerprint density at radius 1 is 1.23 bits per heavy atom. The van der Waals surface area contributed by atoms with Crippen LogP contribution in [0.1, 0.15) is 59.3 Å². The summed E-state index contributed by atoms with van der Waals surface area (Å²) in [4.78, 5) is 0. The van der Waals surface area contributed by atoms with Crippen molar-refractivity contribution < 1.29 is 0 Å². The van der Waals surface area contributed by atoms with Crippen molar-refractivity contribution in [1.29, 1.82) is 0 Å². The van der Waals surface area contributed by atoms with Crippen LogP contribution >= 0.6 is 0 Å². The maximum absolute atomic E-state index is 2.44. The summed E-state index contributed by atoms with van der Waals surface area (Å²) in [6, 6.07) is 0. The predicted octanol–water partition coefficient (Wildman–Crippen LogP) is 4.56. The topological polar surface area (TPSA) is 0 Å². The molecule has 0 aliphatic heterocycles. The van der Waals surface area contributed by atoms with Crippen LogP contribution in [0.2, 0.25) is 0 Å². The predicted molar refractivity (Wildman–Crippen MR) is 59.8 cm³/mol. The third-order valence-corrected chi connectivity index (χ3v) is 3.18. The molecule has 0 N–H and O–H groups in total. The first-order valence-electron chi connectivity index (χ1n) is 5.83. The fourth-order valence-electron chi connectivity index (χ4n) is 1.79. The van der Waals surface area contributed by atoms with E-state index in [2.05, 4.69) is 32.9 Å². The van der Waals surface area contributed by atoms with E-state index in [1.54, 1.807) is 0 Å². The van der Waals surface area contributed by atoms with Crippen molar-refractivity contribution in [2.75, 3.05) is 0 Å². The number of allylic oxidation sites excluding steroid dienone is 2. The largest absolute Gasteiger partial charge is 0.0882 e. The second-order valence-corrected chi connectivity index (χ2v) is 5.08. The fourth-order valence-corrected chi connectivity index (χ4v) is 1.79. The molecule has 0 aromatic heterocycles. The maximum Gasteiger partial charge on any atom is -0.0177 e. The Kier molecular flexibility index (Phi) is 4.02. The molecule has 1 aliphatic rings. The van der Waals surface area contributed by atoms with E-state index in [-0.39, 0.29) is 0 Å². The highest BCUT2D eigenvalue weighted by Gasteiger charge is 2.43. The molecule has 0 saturated heterocycles. The average Bonchev–Trinajstić information content (AvgIpc) is 2.67. The van der Waals surface area contributed by atoms with Gasteiger partial charge in [-0.15, -0.1) is 0 Å². The second-order valence-electron chi connectivity index (χ2n) is 5.08. The normalized spacial score (nSPS) is 25.3. The van der Waals surface area contributed by atoms with Gasteiger partial charge in [0.2, 0.25) is 0 Å². The Hall–Kier alpha value is -0.260. The maximum atomic E-state index is 2.44. The van der Waals surface area contributed by atoms with Crippen molar-refractivity contribution in [2.24, 2.45) is 11.3 Å². The molecule has 1 aliphatic carbocycles. The third-order valence-electron chi connectivity index (χ3n) is 3.18.